The third-order valence-electron chi connectivity index (χ3n) is 4.01. The van der Waals surface area contributed by atoms with Crippen LogP contribution in [0.4, 0.5) is 0 Å². The summed E-state index contributed by atoms with van der Waals surface area (Å²) in [5.41, 5.74) is 2.27. The predicted molar refractivity (Wildman–Crippen MR) is 83.1 cm³/mol. The number of aliphatic carboxylic acids is 1. The van der Waals surface area contributed by atoms with Crippen molar-refractivity contribution in [2.75, 3.05) is 0 Å². The molecule has 0 radical (unpaired) electrons. The van der Waals surface area contributed by atoms with Crippen molar-refractivity contribution in [1.29, 1.82) is 0 Å². The number of amides is 1. The number of carbonyl (C=O) groups is 2. The number of carbonyl (C=O) groups excluding carboxylic acids is 1. The molecule has 1 amide bonds. The van der Waals surface area contributed by atoms with Gasteiger partial charge in [0.2, 0.25) is 5.91 Å². The first-order valence-corrected chi connectivity index (χ1v) is 7.37. The van der Waals surface area contributed by atoms with Crippen LogP contribution in [0.25, 0.3) is 0 Å². The Morgan fingerprint density at radius 2 is 1.38 bits per heavy atom. The third kappa shape index (κ3) is 4.59. The minimum absolute atomic E-state index is 0.137. The van der Waals surface area contributed by atoms with Gasteiger partial charge in [0.05, 0.1) is 12.0 Å². The van der Waals surface area contributed by atoms with Crippen LogP contribution in [-0.2, 0) is 9.59 Å². The molecule has 1 aromatic carbocycles. The first-order chi connectivity index (χ1) is 9.73. The van der Waals surface area contributed by atoms with Gasteiger partial charge >= 0.3 is 5.97 Å². The van der Waals surface area contributed by atoms with Crippen molar-refractivity contribution in [3.05, 3.63) is 35.4 Å². The van der Waals surface area contributed by atoms with Gasteiger partial charge in [0.1, 0.15) is 0 Å². The summed E-state index contributed by atoms with van der Waals surface area (Å²) in [5, 5.41) is 11.8. The Kier molecular flexibility index (Phi) is 5.94. The maximum Gasteiger partial charge on any atom is 0.307 e. The fraction of sp³-hybridized carbons (Fsp3) is 0.529. The van der Waals surface area contributed by atoms with Crippen LogP contribution in [0.15, 0.2) is 24.3 Å². The van der Waals surface area contributed by atoms with Gasteiger partial charge in [-0.05, 0) is 24.0 Å². The summed E-state index contributed by atoms with van der Waals surface area (Å²) in [6.07, 6.45) is 0. The van der Waals surface area contributed by atoms with Gasteiger partial charge in [-0.1, -0.05) is 52.0 Å². The lowest BCUT2D eigenvalue weighted by Gasteiger charge is -2.20. The van der Waals surface area contributed by atoms with Crippen LogP contribution in [0.2, 0.25) is 0 Å². The number of rotatable bonds is 6. The molecule has 0 saturated heterocycles. The van der Waals surface area contributed by atoms with E-state index in [9.17, 15) is 9.59 Å². The summed E-state index contributed by atoms with van der Waals surface area (Å²) in [6, 6.07) is 8.00. The van der Waals surface area contributed by atoms with Crippen LogP contribution in [-0.4, -0.2) is 17.0 Å². The maximum absolute atomic E-state index is 12.1. The molecule has 0 aliphatic rings. The highest BCUT2D eigenvalue weighted by Gasteiger charge is 2.26. The average Bonchev–Trinajstić information content (AvgIpc) is 2.45. The monoisotopic (exact) mass is 291 g/mol. The topological polar surface area (TPSA) is 66.4 Å². The number of carboxylic acid groups (broad SMARTS) is 1. The molecule has 4 nitrogen and oxygen atoms in total. The highest BCUT2D eigenvalue weighted by atomic mass is 16.4. The number of benzene rings is 1. The molecule has 21 heavy (non-hydrogen) atoms. The first kappa shape index (κ1) is 17.2. The number of carboxylic acids is 1. The molecule has 3 atom stereocenters. The molecule has 0 heterocycles. The van der Waals surface area contributed by atoms with Crippen molar-refractivity contribution in [3.63, 3.8) is 0 Å². The van der Waals surface area contributed by atoms with Gasteiger partial charge in [-0.15, -0.1) is 0 Å². The largest absolute Gasteiger partial charge is 0.481 e. The van der Waals surface area contributed by atoms with Gasteiger partial charge in [-0.3, -0.25) is 9.59 Å². The Hall–Kier alpha value is -1.84. The molecule has 0 aromatic heterocycles. The minimum atomic E-state index is -0.952. The van der Waals surface area contributed by atoms with E-state index in [2.05, 4.69) is 31.3 Å². The third-order valence-corrected chi connectivity index (χ3v) is 4.01. The molecule has 0 fully saturated rings. The van der Waals surface area contributed by atoms with Crippen molar-refractivity contribution in [1.82, 2.24) is 5.32 Å². The summed E-state index contributed by atoms with van der Waals surface area (Å²) >= 11 is 0. The van der Waals surface area contributed by atoms with E-state index in [4.69, 9.17) is 5.11 Å². The predicted octanol–water partition coefficient (Wildman–Crippen LogP) is 3.34. The zero-order valence-corrected chi connectivity index (χ0v) is 13.4. The van der Waals surface area contributed by atoms with Gasteiger partial charge < -0.3 is 10.4 Å². The number of nitrogens with one attached hydrogen (secondary N) is 1. The fourth-order valence-corrected chi connectivity index (χ4v) is 2.04. The van der Waals surface area contributed by atoms with E-state index >= 15 is 0 Å². The van der Waals surface area contributed by atoms with Crippen molar-refractivity contribution in [3.8, 4) is 0 Å². The Bertz CT molecular complexity index is 493. The molecule has 116 valence electrons. The van der Waals surface area contributed by atoms with Crippen LogP contribution in [0.5, 0.6) is 0 Å². The van der Waals surface area contributed by atoms with Crippen LogP contribution in [0, 0.1) is 11.8 Å². The standard InChI is InChI=1S/C17H25NO3/c1-10(2)14-6-8-15(9-7-14)13(5)18-16(19)11(3)12(4)17(20)21/h6-13H,1-5H3,(H,18,19)(H,20,21). The van der Waals surface area contributed by atoms with E-state index in [1.165, 1.54) is 5.56 Å². The second-order valence-corrected chi connectivity index (χ2v) is 5.97. The fourth-order valence-electron chi connectivity index (χ4n) is 2.04. The molecule has 4 heteroatoms. The van der Waals surface area contributed by atoms with Crippen LogP contribution < -0.4 is 5.32 Å². The van der Waals surface area contributed by atoms with E-state index in [1.807, 2.05) is 19.1 Å². The normalized spacial score (nSPS) is 15.3. The van der Waals surface area contributed by atoms with E-state index in [-0.39, 0.29) is 11.9 Å². The van der Waals surface area contributed by atoms with Crippen molar-refractivity contribution in [2.24, 2.45) is 11.8 Å². The van der Waals surface area contributed by atoms with Crippen LogP contribution >= 0.6 is 0 Å². The van der Waals surface area contributed by atoms with Crippen molar-refractivity contribution in [2.45, 2.75) is 46.6 Å². The second-order valence-electron chi connectivity index (χ2n) is 5.97. The van der Waals surface area contributed by atoms with E-state index in [0.29, 0.717) is 5.92 Å². The SMILES string of the molecule is CC(C)c1ccc(C(C)NC(=O)C(C)C(C)C(=O)O)cc1. The minimum Gasteiger partial charge on any atom is -0.481 e. The molecule has 2 N–H and O–H groups in total. The molecule has 3 unspecified atom stereocenters. The number of hydrogen-bond donors (Lipinski definition) is 2. The van der Waals surface area contributed by atoms with E-state index in [1.54, 1.807) is 13.8 Å². The molecular weight excluding hydrogens is 266 g/mol. The van der Waals surface area contributed by atoms with Gasteiger partial charge in [0, 0.05) is 5.92 Å². The molecular formula is C17H25NO3. The smallest absolute Gasteiger partial charge is 0.307 e. The highest BCUT2D eigenvalue weighted by Crippen LogP contribution is 2.19. The summed E-state index contributed by atoms with van der Waals surface area (Å²) in [6.45, 7) is 9.36. The van der Waals surface area contributed by atoms with Gasteiger partial charge in [0.25, 0.3) is 0 Å². The van der Waals surface area contributed by atoms with E-state index in [0.717, 1.165) is 5.56 Å². The quantitative estimate of drug-likeness (QED) is 0.844. The molecule has 0 aliphatic carbocycles. The van der Waals surface area contributed by atoms with Crippen molar-refractivity contribution >= 4 is 11.9 Å². The van der Waals surface area contributed by atoms with Crippen LogP contribution in [0.3, 0.4) is 0 Å². The average molecular weight is 291 g/mol. The molecule has 1 aromatic rings. The Morgan fingerprint density at radius 1 is 0.905 bits per heavy atom. The molecule has 0 saturated carbocycles. The van der Waals surface area contributed by atoms with Crippen LogP contribution in [0.1, 0.15) is 57.7 Å². The molecule has 1 rings (SSSR count). The Balaban J connectivity index is 2.70. The summed E-state index contributed by atoms with van der Waals surface area (Å²) < 4.78 is 0. The zero-order valence-electron chi connectivity index (χ0n) is 13.4. The van der Waals surface area contributed by atoms with Gasteiger partial charge in [-0.25, -0.2) is 0 Å². The molecule has 0 aliphatic heterocycles. The van der Waals surface area contributed by atoms with Gasteiger partial charge in [0.15, 0.2) is 0 Å². The number of hydrogen-bond acceptors (Lipinski definition) is 2. The Morgan fingerprint density at radius 3 is 1.81 bits per heavy atom. The lowest BCUT2D eigenvalue weighted by molar-refractivity contribution is -0.146. The molecule has 0 bridgehead atoms. The summed E-state index contributed by atoms with van der Waals surface area (Å²) in [4.78, 5) is 23.0. The van der Waals surface area contributed by atoms with Crippen molar-refractivity contribution < 1.29 is 14.7 Å². The zero-order chi connectivity index (χ0) is 16.2. The molecule has 0 spiro atoms. The second kappa shape index (κ2) is 7.25. The Labute approximate surface area is 126 Å². The summed E-state index contributed by atoms with van der Waals surface area (Å²) in [5.74, 6) is -1.96. The van der Waals surface area contributed by atoms with Gasteiger partial charge in [-0.2, -0.15) is 0 Å². The lowest BCUT2D eigenvalue weighted by atomic mass is 9.94. The van der Waals surface area contributed by atoms with E-state index < -0.39 is 17.8 Å². The highest BCUT2D eigenvalue weighted by molar-refractivity contribution is 5.84. The first-order valence-electron chi connectivity index (χ1n) is 7.37. The lowest BCUT2D eigenvalue weighted by Crippen LogP contribution is -2.36. The summed E-state index contributed by atoms with van der Waals surface area (Å²) in [7, 11) is 0. The maximum atomic E-state index is 12.1.